The fraction of sp³-hybridized carbons (Fsp3) is 1.00. The molecule has 1 aliphatic carbocycles. The van der Waals surface area contributed by atoms with E-state index in [1.54, 1.807) is 0 Å². The molecule has 0 amide bonds. The Hall–Kier alpha value is -0.400. The average molecular weight is 154 g/mol. The summed E-state index contributed by atoms with van der Waals surface area (Å²) in [7, 11) is 0. The van der Waals surface area contributed by atoms with Gasteiger partial charge in [-0.25, -0.2) is 0 Å². The summed E-state index contributed by atoms with van der Waals surface area (Å²) in [6, 6.07) is 0.576. The van der Waals surface area contributed by atoms with Gasteiger partial charge in [0.2, 0.25) is 0 Å². The van der Waals surface area contributed by atoms with Gasteiger partial charge >= 0.3 is 0 Å². The zero-order chi connectivity index (χ0) is 7.94. The second-order valence-corrected chi connectivity index (χ2v) is 3.27. The molecule has 2 nitrogen and oxygen atoms in total. The van der Waals surface area contributed by atoms with Gasteiger partial charge in [0.15, 0.2) is 0 Å². The van der Waals surface area contributed by atoms with Crippen LogP contribution in [0.3, 0.4) is 0 Å². The summed E-state index contributed by atoms with van der Waals surface area (Å²) < 4.78 is 0. The molecule has 0 aromatic carbocycles. The molecule has 2 heteroatoms. The molecule has 1 rings (SSSR count). The maximum absolute atomic E-state index is 4.29. The van der Waals surface area contributed by atoms with E-state index in [1.807, 2.05) is 0 Å². The van der Waals surface area contributed by atoms with Crippen LogP contribution < -0.4 is 0 Å². The van der Waals surface area contributed by atoms with Crippen LogP contribution in [0.15, 0.2) is 10.2 Å². The average Bonchev–Trinajstić information content (AvgIpc) is 2.50. The van der Waals surface area contributed by atoms with Crippen molar-refractivity contribution in [2.45, 2.75) is 51.5 Å². The minimum absolute atomic E-state index is 0.576. The Bertz CT molecular complexity index is 115. The lowest BCUT2D eigenvalue weighted by Crippen LogP contribution is -1.94. The molecule has 0 N–H and O–H groups in total. The second kappa shape index (κ2) is 5.28. The van der Waals surface area contributed by atoms with E-state index >= 15 is 0 Å². The zero-order valence-corrected chi connectivity index (χ0v) is 7.42. The standard InChI is InChI=1S/C9H18N2/c1-2-3-8-10-11-9-6-4-5-7-9/h9H,2-8H2,1H3/b11-10+. The van der Waals surface area contributed by atoms with Gasteiger partial charge in [-0.1, -0.05) is 26.2 Å². The van der Waals surface area contributed by atoms with Crippen molar-refractivity contribution in [3.05, 3.63) is 0 Å². The lowest BCUT2D eigenvalue weighted by atomic mass is 10.3. The smallest absolute Gasteiger partial charge is 0.0708 e. The molecule has 0 atom stereocenters. The summed E-state index contributed by atoms with van der Waals surface area (Å²) in [5.41, 5.74) is 0. The summed E-state index contributed by atoms with van der Waals surface area (Å²) in [5.74, 6) is 0. The predicted octanol–water partition coefficient (Wildman–Crippen LogP) is 3.18. The van der Waals surface area contributed by atoms with Crippen LogP contribution in [-0.2, 0) is 0 Å². The van der Waals surface area contributed by atoms with Crippen molar-refractivity contribution < 1.29 is 0 Å². The molecule has 1 aliphatic rings. The molecule has 1 fully saturated rings. The van der Waals surface area contributed by atoms with Crippen LogP contribution >= 0.6 is 0 Å². The molecule has 1 saturated carbocycles. The first-order chi connectivity index (χ1) is 5.43. The molecule has 64 valence electrons. The van der Waals surface area contributed by atoms with E-state index < -0.39 is 0 Å². The Morgan fingerprint density at radius 3 is 2.64 bits per heavy atom. The van der Waals surface area contributed by atoms with Crippen molar-refractivity contribution in [1.29, 1.82) is 0 Å². The Labute approximate surface area is 69.1 Å². The van der Waals surface area contributed by atoms with Gasteiger partial charge in [0.1, 0.15) is 0 Å². The molecule has 0 aromatic rings. The maximum Gasteiger partial charge on any atom is 0.0708 e. The molecule has 0 spiro atoms. The van der Waals surface area contributed by atoms with E-state index in [0.717, 1.165) is 6.54 Å². The van der Waals surface area contributed by atoms with Crippen LogP contribution in [0.2, 0.25) is 0 Å². The van der Waals surface area contributed by atoms with Crippen LogP contribution in [0.1, 0.15) is 45.4 Å². The third-order valence-corrected chi connectivity index (χ3v) is 2.18. The Balaban J connectivity index is 2.03. The Kier molecular flexibility index (Phi) is 4.17. The SMILES string of the molecule is CCCC/N=N/C1CCCC1. The quantitative estimate of drug-likeness (QED) is 0.439. The van der Waals surface area contributed by atoms with Crippen molar-refractivity contribution in [2.75, 3.05) is 6.54 Å². The summed E-state index contributed by atoms with van der Waals surface area (Å²) in [6.07, 6.45) is 7.68. The van der Waals surface area contributed by atoms with Crippen molar-refractivity contribution in [3.63, 3.8) is 0 Å². The highest BCUT2D eigenvalue weighted by molar-refractivity contribution is 4.71. The Morgan fingerprint density at radius 2 is 2.00 bits per heavy atom. The van der Waals surface area contributed by atoms with Crippen LogP contribution in [-0.4, -0.2) is 12.6 Å². The fourth-order valence-electron chi connectivity index (χ4n) is 1.42. The number of rotatable bonds is 4. The summed E-state index contributed by atoms with van der Waals surface area (Å²) >= 11 is 0. The third kappa shape index (κ3) is 3.49. The predicted molar refractivity (Wildman–Crippen MR) is 46.9 cm³/mol. The van der Waals surface area contributed by atoms with Gasteiger partial charge in [0.25, 0.3) is 0 Å². The highest BCUT2D eigenvalue weighted by Crippen LogP contribution is 2.20. The summed E-state index contributed by atoms with van der Waals surface area (Å²) in [5, 5.41) is 8.45. The fourth-order valence-corrected chi connectivity index (χ4v) is 1.42. The largest absolute Gasteiger partial charge is 0.194 e. The van der Waals surface area contributed by atoms with Crippen molar-refractivity contribution in [1.82, 2.24) is 0 Å². The number of unbranched alkanes of at least 4 members (excludes halogenated alkanes) is 1. The highest BCUT2D eigenvalue weighted by Gasteiger charge is 2.12. The molecule has 11 heavy (non-hydrogen) atoms. The molecule has 0 bridgehead atoms. The van der Waals surface area contributed by atoms with Crippen LogP contribution in [0.4, 0.5) is 0 Å². The summed E-state index contributed by atoms with van der Waals surface area (Å²) in [4.78, 5) is 0. The molecule has 0 aromatic heterocycles. The van der Waals surface area contributed by atoms with E-state index in [4.69, 9.17) is 0 Å². The topological polar surface area (TPSA) is 24.7 Å². The molecule has 0 heterocycles. The van der Waals surface area contributed by atoms with Gasteiger partial charge in [0.05, 0.1) is 12.6 Å². The van der Waals surface area contributed by atoms with Gasteiger partial charge in [-0.3, -0.25) is 0 Å². The molecular weight excluding hydrogens is 136 g/mol. The van der Waals surface area contributed by atoms with E-state index in [9.17, 15) is 0 Å². The lowest BCUT2D eigenvalue weighted by molar-refractivity contribution is 0.636. The third-order valence-electron chi connectivity index (χ3n) is 2.18. The molecule has 0 saturated heterocycles. The van der Waals surface area contributed by atoms with Gasteiger partial charge in [0, 0.05) is 0 Å². The second-order valence-electron chi connectivity index (χ2n) is 3.27. The van der Waals surface area contributed by atoms with Gasteiger partial charge in [-0.2, -0.15) is 10.2 Å². The first kappa shape index (κ1) is 8.69. The van der Waals surface area contributed by atoms with Crippen molar-refractivity contribution >= 4 is 0 Å². The highest BCUT2D eigenvalue weighted by atomic mass is 15.1. The molecule has 0 aliphatic heterocycles. The molecule has 0 radical (unpaired) electrons. The van der Waals surface area contributed by atoms with Crippen LogP contribution in [0.5, 0.6) is 0 Å². The minimum Gasteiger partial charge on any atom is -0.194 e. The van der Waals surface area contributed by atoms with E-state index in [2.05, 4.69) is 17.2 Å². The van der Waals surface area contributed by atoms with Gasteiger partial charge < -0.3 is 0 Å². The van der Waals surface area contributed by atoms with E-state index in [0.29, 0.717) is 6.04 Å². The monoisotopic (exact) mass is 154 g/mol. The lowest BCUT2D eigenvalue weighted by Gasteiger charge is -1.97. The molecule has 0 unspecified atom stereocenters. The number of hydrogen-bond donors (Lipinski definition) is 0. The van der Waals surface area contributed by atoms with Gasteiger partial charge in [-0.05, 0) is 19.3 Å². The number of hydrogen-bond acceptors (Lipinski definition) is 2. The van der Waals surface area contributed by atoms with E-state index in [-0.39, 0.29) is 0 Å². The zero-order valence-electron chi connectivity index (χ0n) is 7.42. The summed E-state index contributed by atoms with van der Waals surface area (Å²) in [6.45, 7) is 3.12. The maximum atomic E-state index is 4.29. The normalized spacial score (nSPS) is 20.1. The molecular formula is C9H18N2. The van der Waals surface area contributed by atoms with E-state index in [1.165, 1.54) is 38.5 Å². The number of nitrogens with zero attached hydrogens (tertiary/aromatic N) is 2. The minimum atomic E-state index is 0.576. The van der Waals surface area contributed by atoms with Crippen LogP contribution in [0.25, 0.3) is 0 Å². The van der Waals surface area contributed by atoms with Crippen molar-refractivity contribution in [3.8, 4) is 0 Å². The van der Waals surface area contributed by atoms with Crippen molar-refractivity contribution in [2.24, 2.45) is 10.2 Å². The first-order valence-electron chi connectivity index (χ1n) is 4.80. The Morgan fingerprint density at radius 1 is 1.27 bits per heavy atom. The van der Waals surface area contributed by atoms with Crippen LogP contribution in [0, 0.1) is 0 Å². The van der Waals surface area contributed by atoms with Gasteiger partial charge in [-0.15, -0.1) is 0 Å². The first-order valence-corrected chi connectivity index (χ1v) is 4.80. The number of azo groups is 1.